The first-order valence-corrected chi connectivity index (χ1v) is 5.63. The molecule has 0 bridgehead atoms. The lowest BCUT2D eigenvalue weighted by Crippen LogP contribution is -2.50. The van der Waals surface area contributed by atoms with Gasteiger partial charge in [0.1, 0.15) is 30.1 Å². The Morgan fingerprint density at radius 1 is 1.24 bits per heavy atom. The minimum Gasteiger partial charge on any atom is -0.347 e. The Morgan fingerprint density at radius 2 is 2.00 bits per heavy atom. The SMILES string of the molecule is Fc1cc(F)cc(C23CCNC[C@H]2OCO3)c1. The minimum atomic E-state index is -0.700. The molecule has 2 fully saturated rings. The van der Waals surface area contributed by atoms with E-state index in [1.54, 1.807) is 0 Å². The van der Waals surface area contributed by atoms with Gasteiger partial charge < -0.3 is 14.8 Å². The zero-order valence-electron chi connectivity index (χ0n) is 9.21. The second-order valence-electron chi connectivity index (χ2n) is 4.42. The lowest BCUT2D eigenvalue weighted by Gasteiger charge is -2.37. The van der Waals surface area contributed by atoms with Gasteiger partial charge in [-0.3, -0.25) is 0 Å². The van der Waals surface area contributed by atoms with Crippen LogP contribution in [0.5, 0.6) is 0 Å². The van der Waals surface area contributed by atoms with Crippen LogP contribution >= 0.6 is 0 Å². The highest BCUT2D eigenvalue weighted by Crippen LogP contribution is 2.41. The summed E-state index contributed by atoms with van der Waals surface area (Å²) in [6.07, 6.45) is 0.470. The molecule has 2 aliphatic rings. The molecule has 1 N–H and O–H groups in total. The summed E-state index contributed by atoms with van der Waals surface area (Å²) in [5.41, 5.74) is -0.173. The first kappa shape index (κ1) is 11.1. The lowest BCUT2D eigenvalue weighted by molar-refractivity contribution is -0.0271. The Kier molecular flexibility index (Phi) is 2.61. The van der Waals surface area contributed by atoms with E-state index >= 15 is 0 Å². The number of hydrogen-bond acceptors (Lipinski definition) is 3. The van der Waals surface area contributed by atoms with Crippen LogP contribution in [0.25, 0.3) is 0 Å². The molecule has 0 radical (unpaired) electrons. The summed E-state index contributed by atoms with van der Waals surface area (Å²) >= 11 is 0. The van der Waals surface area contributed by atoms with Crippen molar-refractivity contribution in [1.82, 2.24) is 5.32 Å². The summed E-state index contributed by atoms with van der Waals surface area (Å²) in [6, 6.07) is 3.53. The molecule has 3 nitrogen and oxygen atoms in total. The molecule has 2 atom stereocenters. The van der Waals surface area contributed by atoms with Crippen LogP contribution in [-0.2, 0) is 15.1 Å². The number of piperidine rings is 1. The Hall–Kier alpha value is -1.04. The number of hydrogen-bond donors (Lipinski definition) is 1. The fourth-order valence-electron chi connectivity index (χ4n) is 2.62. The largest absolute Gasteiger partial charge is 0.347 e. The summed E-state index contributed by atoms with van der Waals surface area (Å²) in [7, 11) is 0. The van der Waals surface area contributed by atoms with E-state index in [2.05, 4.69) is 5.32 Å². The molecular formula is C12H13F2NO2. The summed E-state index contributed by atoms with van der Waals surface area (Å²) < 4.78 is 37.7. The van der Waals surface area contributed by atoms with Gasteiger partial charge >= 0.3 is 0 Å². The predicted molar refractivity (Wildman–Crippen MR) is 56.3 cm³/mol. The Labute approximate surface area is 97.7 Å². The minimum absolute atomic E-state index is 0.171. The monoisotopic (exact) mass is 241 g/mol. The van der Waals surface area contributed by atoms with Gasteiger partial charge in [0.25, 0.3) is 0 Å². The summed E-state index contributed by atoms with van der Waals surface area (Å²) in [4.78, 5) is 0. The fraction of sp³-hybridized carbons (Fsp3) is 0.500. The van der Waals surface area contributed by atoms with Crippen LogP contribution < -0.4 is 5.32 Å². The van der Waals surface area contributed by atoms with Gasteiger partial charge in [-0.1, -0.05) is 0 Å². The molecule has 17 heavy (non-hydrogen) atoms. The van der Waals surface area contributed by atoms with Gasteiger partial charge in [-0.25, -0.2) is 8.78 Å². The number of ether oxygens (including phenoxy) is 2. The highest BCUT2D eigenvalue weighted by atomic mass is 19.1. The first-order valence-electron chi connectivity index (χ1n) is 5.63. The molecule has 5 heteroatoms. The fourth-order valence-corrected chi connectivity index (χ4v) is 2.62. The van der Waals surface area contributed by atoms with Gasteiger partial charge in [-0.15, -0.1) is 0 Å². The van der Waals surface area contributed by atoms with Crippen LogP contribution in [0.15, 0.2) is 18.2 Å². The molecule has 2 saturated heterocycles. The van der Waals surface area contributed by atoms with Crippen LogP contribution in [0.1, 0.15) is 12.0 Å². The van der Waals surface area contributed by atoms with Crippen molar-refractivity contribution in [1.29, 1.82) is 0 Å². The highest BCUT2D eigenvalue weighted by molar-refractivity contribution is 5.28. The van der Waals surface area contributed by atoms with Crippen LogP contribution in [0, 0.1) is 11.6 Å². The van der Waals surface area contributed by atoms with Crippen molar-refractivity contribution < 1.29 is 18.3 Å². The molecule has 1 unspecified atom stereocenters. The molecule has 3 rings (SSSR count). The Morgan fingerprint density at radius 3 is 2.76 bits per heavy atom. The van der Waals surface area contributed by atoms with Crippen molar-refractivity contribution in [2.24, 2.45) is 0 Å². The van der Waals surface area contributed by atoms with Crippen molar-refractivity contribution in [3.8, 4) is 0 Å². The van der Waals surface area contributed by atoms with Gasteiger partial charge in [-0.05, 0) is 30.7 Å². The van der Waals surface area contributed by atoms with Crippen LogP contribution in [-0.4, -0.2) is 26.0 Å². The molecule has 0 aromatic heterocycles. The number of nitrogens with one attached hydrogen (secondary N) is 1. The molecule has 0 spiro atoms. The normalized spacial score (nSPS) is 32.5. The Bertz CT molecular complexity index is 420. The van der Waals surface area contributed by atoms with Gasteiger partial charge in [0.05, 0.1) is 0 Å². The van der Waals surface area contributed by atoms with E-state index in [0.29, 0.717) is 18.5 Å². The van der Waals surface area contributed by atoms with Gasteiger partial charge in [0.2, 0.25) is 0 Å². The quantitative estimate of drug-likeness (QED) is 0.808. The maximum absolute atomic E-state index is 13.3. The standard InChI is InChI=1S/C12H13F2NO2/c13-9-3-8(4-10(14)5-9)12-1-2-15-6-11(12)16-7-17-12/h3-5,11,15H,1-2,6-7H2/t11-,12?/m1/s1. The Balaban J connectivity index is 2.05. The van der Waals surface area contributed by atoms with E-state index in [9.17, 15) is 8.78 Å². The van der Waals surface area contributed by atoms with Crippen LogP contribution in [0.2, 0.25) is 0 Å². The third kappa shape index (κ3) is 1.74. The molecule has 2 heterocycles. The third-order valence-electron chi connectivity index (χ3n) is 3.46. The molecule has 0 amide bonds. The number of halogens is 2. The predicted octanol–water partition coefficient (Wildman–Crippen LogP) is 1.53. The number of rotatable bonds is 1. The lowest BCUT2D eigenvalue weighted by atomic mass is 9.83. The topological polar surface area (TPSA) is 30.5 Å². The zero-order chi connectivity index (χ0) is 11.9. The number of fused-ring (bicyclic) bond motifs is 1. The molecule has 0 aliphatic carbocycles. The number of benzene rings is 1. The van der Waals surface area contributed by atoms with E-state index in [1.807, 2.05) is 0 Å². The second-order valence-corrected chi connectivity index (χ2v) is 4.42. The van der Waals surface area contributed by atoms with E-state index in [0.717, 1.165) is 12.6 Å². The molecule has 1 aromatic carbocycles. The van der Waals surface area contributed by atoms with Gasteiger partial charge in [-0.2, -0.15) is 0 Å². The van der Waals surface area contributed by atoms with Crippen molar-refractivity contribution >= 4 is 0 Å². The van der Waals surface area contributed by atoms with E-state index in [-0.39, 0.29) is 12.9 Å². The van der Waals surface area contributed by atoms with E-state index in [1.165, 1.54) is 12.1 Å². The first-order chi connectivity index (χ1) is 8.21. The zero-order valence-corrected chi connectivity index (χ0v) is 9.21. The van der Waals surface area contributed by atoms with Crippen molar-refractivity contribution in [2.45, 2.75) is 18.1 Å². The van der Waals surface area contributed by atoms with E-state index < -0.39 is 17.2 Å². The van der Waals surface area contributed by atoms with Crippen molar-refractivity contribution in [2.75, 3.05) is 19.9 Å². The van der Waals surface area contributed by atoms with Crippen molar-refractivity contribution in [3.05, 3.63) is 35.4 Å². The van der Waals surface area contributed by atoms with Crippen molar-refractivity contribution in [3.63, 3.8) is 0 Å². The van der Waals surface area contributed by atoms with Crippen LogP contribution in [0.3, 0.4) is 0 Å². The highest BCUT2D eigenvalue weighted by Gasteiger charge is 2.48. The summed E-state index contributed by atoms with van der Waals surface area (Å²) in [6.45, 7) is 1.56. The maximum Gasteiger partial charge on any atom is 0.148 e. The maximum atomic E-state index is 13.3. The third-order valence-corrected chi connectivity index (χ3v) is 3.46. The average molecular weight is 241 g/mol. The molecule has 92 valence electrons. The average Bonchev–Trinajstić information content (AvgIpc) is 2.72. The second kappa shape index (κ2) is 4.01. The molecule has 2 aliphatic heterocycles. The van der Waals surface area contributed by atoms with Gasteiger partial charge in [0.15, 0.2) is 0 Å². The molecule has 0 saturated carbocycles. The molecule has 1 aromatic rings. The van der Waals surface area contributed by atoms with Gasteiger partial charge in [0, 0.05) is 12.6 Å². The smallest absolute Gasteiger partial charge is 0.148 e. The summed E-state index contributed by atoms with van der Waals surface area (Å²) in [5.74, 6) is -1.16. The van der Waals surface area contributed by atoms with E-state index in [4.69, 9.17) is 9.47 Å². The molecular weight excluding hydrogens is 228 g/mol. The van der Waals surface area contributed by atoms with Crippen LogP contribution in [0.4, 0.5) is 8.78 Å². The summed E-state index contributed by atoms with van der Waals surface area (Å²) in [5, 5.41) is 3.19.